The van der Waals surface area contributed by atoms with E-state index in [0.29, 0.717) is 16.3 Å². The summed E-state index contributed by atoms with van der Waals surface area (Å²) in [5.74, 6) is 0.281. The first-order valence-corrected chi connectivity index (χ1v) is 7.85. The third-order valence-corrected chi connectivity index (χ3v) is 3.93. The molecule has 3 rings (SSSR count). The highest BCUT2D eigenvalue weighted by atomic mass is 35.5. The maximum absolute atomic E-state index is 11.6. The van der Waals surface area contributed by atoms with Crippen LogP contribution in [0.25, 0.3) is 6.08 Å². The van der Waals surface area contributed by atoms with Crippen LogP contribution in [0.1, 0.15) is 11.1 Å². The fourth-order valence-electron chi connectivity index (χ4n) is 1.92. The van der Waals surface area contributed by atoms with Crippen molar-refractivity contribution in [2.24, 2.45) is 4.40 Å². The van der Waals surface area contributed by atoms with E-state index in [1.807, 2.05) is 12.1 Å². The number of rotatable bonds is 2. The fourth-order valence-corrected chi connectivity index (χ4v) is 2.86. The number of fused-ring (bicyclic) bond motifs is 1. The third-order valence-electron chi connectivity index (χ3n) is 2.87. The van der Waals surface area contributed by atoms with Crippen LogP contribution in [0.4, 0.5) is 0 Å². The molecule has 6 heteroatoms. The molecule has 1 aliphatic rings. The molecule has 0 N–H and O–H groups in total. The van der Waals surface area contributed by atoms with Gasteiger partial charge < -0.3 is 4.18 Å². The van der Waals surface area contributed by atoms with Gasteiger partial charge in [-0.15, -0.1) is 4.40 Å². The van der Waals surface area contributed by atoms with Gasteiger partial charge in [0.1, 0.15) is 0 Å². The Balaban J connectivity index is 2.00. The molecule has 0 aromatic heterocycles. The van der Waals surface area contributed by atoms with Gasteiger partial charge in [-0.25, -0.2) is 0 Å². The molecule has 0 saturated carbocycles. The average molecular weight is 320 g/mol. The number of hydrogen-bond acceptors (Lipinski definition) is 3. The minimum Gasteiger partial charge on any atom is -0.365 e. The van der Waals surface area contributed by atoms with Crippen molar-refractivity contribution in [1.82, 2.24) is 0 Å². The van der Waals surface area contributed by atoms with Crippen LogP contribution in [0.5, 0.6) is 5.75 Å². The van der Waals surface area contributed by atoms with Gasteiger partial charge >= 0.3 is 10.3 Å². The standard InChI is InChI=1S/C15H10ClNO3S/c16-12-8-5-11(6-9-12)7-10-14-13-3-1-2-4-15(13)20-21(18,19)17-14/h1-10H. The SMILES string of the molecule is O=S1(=O)N=C(C=Cc2ccc(Cl)cc2)c2ccccc2O1. The van der Waals surface area contributed by atoms with Crippen LogP contribution in [0, 0.1) is 0 Å². The van der Waals surface area contributed by atoms with Gasteiger partial charge in [0.25, 0.3) is 0 Å². The quantitative estimate of drug-likeness (QED) is 0.851. The summed E-state index contributed by atoms with van der Waals surface area (Å²) < 4.78 is 31.7. The van der Waals surface area contributed by atoms with Crippen molar-refractivity contribution in [2.45, 2.75) is 0 Å². The number of allylic oxidation sites excluding steroid dienone is 1. The second-order valence-corrected chi connectivity index (χ2v) is 6.01. The molecule has 0 aliphatic carbocycles. The summed E-state index contributed by atoms with van der Waals surface area (Å²) in [6, 6.07) is 14.0. The lowest BCUT2D eigenvalue weighted by Crippen LogP contribution is -2.17. The zero-order chi connectivity index (χ0) is 14.9. The molecule has 21 heavy (non-hydrogen) atoms. The summed E-state index contributed by atoms with van der Waals surface area (Å²) in [6.45, 7) is 0. The number of hydrogen-bond donors (Lipinski definition) is 0. The van der Waals surface area contributed by atoms with E-state index in [1.54, 1.807) is 48.6 Å². The highest BCUT2D eigenvalue weighted by Crippen LogP contribution is 2.26. The summed E-state index contributed by atoms with van der Waals surface area (Å²) >= 11 is 5.82. The van der Waals surface area contributed by atoms with Crippen LogP contribution in [0.2, 0.25) is 5.02 Å². The molecule has 2 aromatic carbocycles. The summed E-state index contributed by atoms with van der Waals surface area (Å²) in [4.78, 5) is 0. The zero-order valence-electron chi connectivity index (χ0n) is 10.7. The van der Waals surface area contributed by atoms with Crippen molar-refractivity contribution >= 4 is 33.7 Å². The molecule has 0 fully saturated rings. The Morgan fingerprint density at radius 1 is 1.00 bits per heavy atom. The molecule has 1 aliphatic heterocycles. The third kappa shape index (κ3) is 3.15. The zero-order valence-corrected chi connectivity index (χ0v) is 12.3. The molecule has 1 heterocycles. The first-order chi connectivity index (χ1) is 10.0. The minimum atomic E-state index is -3.94. The van der Waals surface area contributed by atoms with Gasteiger partial charge in [0.15, 0.2) is 5.75 Å². The van der Waals surface area contributed by atoms with Crippen LogP contribution in [0.3, 0.4) is 0 Å². The van der Waals surface area contributed by atoms with Gasteiger partial charge in [-0.1, -0.05) is 41.9 Å². The van der Waals surface area contributed by atoms with E-state index in [1.165, 1.54) is 0 Å². The van der Waals surface area contributed by atoms with E-state index < -0.39 is 10.3 Å². The van der Waals surface area contributed by atoms with Crippen molar-refractivity contribution in [3.05, 3.63) is 70.8 Å². The Bertz CT molecular complexity index is 839. The summed E-state index contributed by atoms with van der Waals surface area (Å²) in [7, 11) is -3.94. The number of benzene rings is 2. The second kappa shape index (κ2) is 5.35. The molecular weight excluding hydrogens is 310 g/mol. The molecular formula is C15H10ClNO3S. The fraction of sp³-hybridized carbons (Fsp3) is 0. The molecule has 0 radical (unpaired) electrons. The van der Waals surface area contributed by atoms with E-state index in [4.69, 9.17) is 15.8 Å². The maximum Gasteiger partial charge on any atom is 0.429 e. The van der Waals surface area contributed by atoms with Crippen LogP contribution in [-0.4, -0.2) is 14.1 Å². The Hall–Kier alpha value is -2.11. The van der Waals surface area contributed by atoms with Crippen LogP contribution < -0.4 is 4.18 Å². The van der Waals surface area contributed by atoms with E-state index in [2.05, 4.69) is 4.40 Å². The molecule has 0 spiro atoms. The molecule has 2 aromatic rings. The Morgan fingerprint density at radius 2 is 1.71 bits per heavy atom. The largest absolute Gasteiger partial charge is 0.429 e. The molecule has 4 nitrogen and oxygen atoms in total. The number of para-hydroxylation sites is 1. The molecule has 106 valence electrons. The first kappa shape index (κ1) is 13.9. The Morgan fingerprint density at radius 3 is 2.48 bits per heavy atom. The number of nitrogens with zero attached hydrogens (tertiary/aromatic N) is 1. The highest BCUT2D eigenvalue weighted by molar-refractivity contribution is 7.86. The van der Waals surface area contributed by atoms with Crippen LogP contribution >= 0.6 is 11.6 Å². The van der Waals surface area contributed by atoms with Crippen LogP contribution in [-0.2, 0) is 10.3 Å². The smallest absolute Gasteiger partial charge is 0.365 e. The van der Waals surface area contributed by atoms with Gasteiger partial charge in [-0.05, 0) is 35.9 Å². The van der Waals surface area contributed by atoms with Gasteiger partial charge in [-0.2, -0.15) is 8.42 Å². The van der Waals surface area contributed by atoms with Crippen molar-refractivity contribution in [3.8, 4) is 5.75 Å². The van der Waals surface area contributed by atoms with Crippen molar-refractivity contribution in [1.29, 1.82) is 0 Å². The monoisotopic (exact) mass is 319 g/mol. The summed E-state index contributed by atoms with van der Waals surface area (Å²) in [5, 5.41) is 0.642. The van der Waals surface area contributed by atoms with Crippen molar-refractivity contribution < 1.29 is 12.6 Å². The lowest BCUT2D eigenvalue weighted by atomic mass is 10.1. The van der Waals surface area contributed by atoms with Gasteiger partial charge in [0, 0.05) is 10.6 Å². The van der Waals surface area contributed by atoms with E-state index in [0.717, 1.165) is 5.56 Å². The van der Waals surface area contributed by atoms with Crippen molar-refractivity contribution in [3.63, 3.8) is 0 Å². The lowest BCUT2D eigenvalue weighted by Gasteiger charge is -2.14. The topological polar surface area (TPSA) is 55.7 Å². The normalized spacial score (nSPS) is 16.1. The molecule has 0 saturated heterocycles. The van der Waals surface area contributed by atoms with Crippen LogP contribution in [0.15, 0.2) is 59.0 Å². The van der Waals surface area contributed by atoms with E-state index >= 15 is 0 Å². The Kier molecular flexibility index (Phi) is 3.53. The van der Waals surface area contributed by atoms with Crippen molar-refractivity contribution in [2.75, 3.05) is 0 Å². The molecule has 0 bridgehead atoms. The average Bonchev–Trinajstić information content (AvgIpc) is 2.45. The van der Waals surface area contributed by atoms with Gasteiger partial charge in [0.2, 0.25) is 0 Å². The van der Waals surface area contributed by atoms with E-state index in [-0.39, 0.29) is 5.75 Å². The lowest BCUT2D eigenvalue weighted by molar-refractivity contribution is 0.485. The maximum atomic E-state index is 11.6. The van der Waals surface area contributed by atoms with Gasteiger partial charge in [0.05, 0.1) is 5.71 Å². The molecule has 0 unspecified atom stereocenters. The predicted octanol–water partition coefficient (Wildman–Crippen LogP) is 3.48. The van der Waals surface area contributed by atoms with Gasteiger partial charge in [-0.3, -0.25) is 0 Å². The minimum absolute atomic E-state index is 0.281. The molecule has 0 amide bonds. The van der Waals surface area contributed by atoms with E-state index in [9.17, 15) is 8.42 Å². The number of halogens is 1. The second-order valence-electron chi connectivity index (χ2n) is 4.37. The summed E-state index contributed by atoms with van der Waals surface area (Å²) in [6.07, 6.45) is 3.41. The predicted molar refractivity (Wildman–Crippen MR) is 83.0 cm³/mol. The highest BCUT2D eigenvalue weighted by Gasteiger charge is 2.22. The Labute approximate surface area is 127 Å². The summed E-state index contributed by atoms with van der Waals surface area (Å²) in [5.41, 5.74) is 1.87. The molecule has 0 atom stereocenters. The first-order valence-electron chi connectivity index (χ1n) is 6.11.